The Morgan fingerprint density at radius 3 is 2.80 bits per heavy atom. The van der Waals surface area contributed by atoms with Crippen molar-refractivity contribution in [3.63, 3.8) is 0 Å². The van der Waals surface area contributed by atoms with Crippen LogP contribution in [0.1, 0.15) is 62.4 Å². The van der Waals surface area contributed by atoms with Crippen LogP contribution in [0.3, 0.4) is 0 Å². The fraction of sp³-hybridized carbons (Fsp3) is 0.600. The lowest BCUT2D eigenvalue weighted by Gasteiger charge is -2.50. The highest BCUT2D eigenvalue weighted by Crippen LogP contribution is 2.49. The largest absolute Gasteiger partial charge is 0.550 e. The molecular weight excluding hydrogens is 316 g/mol. The number of nitrogens with one attached hydrogen (secondary N) is 2. The highest BCUT2D eigenvalue weighted by atomic mass is 16.4. The predicted molar refractivity (Wildman–Crippen MR) is 95.3 cm³/mol. The van der Waals surface area contributed by atoms with E-state index in [0.717, 1.165) is 11.6 Å². The number of rotatable bonds is 4. The molecule has 1 saturated carbocycles. The summed E-state index contributed by atoms with van der Waals surface area (Å²) >= 11 is 0. The molecule has 1 aliphatic heterocycles. The summed E-state index contributed by atoms with van der Waals surface area (Å²) in [5.74, 6) is -0.0830. The zero-order valence-electron chi connectivity index (χ0n) is 15.2. The van der Waals surface area contributed by atoms with Crippen LogP contribution >= 0.6 is 0 Å². The molecule has 0 saturated heterocycles. The molecule has 25 heavy (non-hydrogen) atoms. The van der Waals surface area contributed by atoms with E-state index in [1.807, 2.05) is 18.2 Å². The van der Waals surface area contributed by atoms with E-state index in [1.54, 1.807) is 0 Å². The SMILES string of the molecule is C[C@H]1CC[C@@H]2[C@@H](C1)Nc1ccc(C(=O)NCCC(=O)[O-])cc1C2(C)C. The van der Waals surface area contributed by atoms with Crippen LogP contribution in [0.25, 0.3) is 0 Å². The molecule has 1 aromatic rings. The van der Waals surface area contributed by atoms with Crippen molar-refractivity contribution in [3.05, 3.63) is 29.3 Å². The number of hydrogen-bond acceptors (Lipinski definition) is 4. The van der Waals surface area contributed by atoms with E-state index in [-0.39, 0.29) is 24.3 Å². The zero-order chi connectivity index (χ0) is 18.2. The Morgan fingerprint density at radius 1 is 1.32 bits per heavy atom. The summed E-state index contributed by atoms with van der Waals surface area (Å²) in [7, 11) is 0. The molecule has 5 nitrogen and oxygen atoms in total. The molecule has 5 heteroatoms. The first-order valence-corrected chi connectivity index (χ1v) is 9.18. The van der Waals surface area contributed by atoms with E-state index < -0.39 is 5.97 Å². The number of carboxylic acids is 1. The number of carbonyl (C=O) groups is 2. The van der Waals surface area contributed by atoms with Gasteiger partial charge in [-0.1, -0.05) is 27.2 Å². The Kier molecular flexibility index (Phi) is 4.76. The van der Waals surface area contributed by atoms with E-state index in [0.29, 0.717) is 17.5 Å². The summed E-state index contributed by atoms with van der Waals surface area (Å²) in [5, 5.41) is 16.8. The second-order valence-electron chi connectivity index (χ2n) is 8.14. The zero-order valence-corrected chi connectivity index (χ0v) is 15.2. The van der Waals surface area contributed by atoms with Crippen LogP contribution < -0.4 is 15.7 Å². The average molecular weight is 343 g/mol. The van der Waals surface area contributed by atoms with Crippen molar-refractivity contribution < 1.29 is 14.7 Å². The normalized spacial score (nSPS) is 26.8. The fourth-order valence-electron chi connectivity index (χ4n) is 4.53. The maximum Gasteiger partial charge on any atom is 0.251 e. The first-order chi connectivity index (χ1) is 11.8. The minimum absolute atomic E-state index is 0.00661. The quantitative estimate of drug-likeness (QED) is 0.877. The standard InChI is InChI=1S/C20H28N2O3/c1-12-4-6-14-17(10-12)22-16-7-5-13(11-15(16)20(14,2)3)19(25)21-9-8-18(23)24/h5,7,11-12,14,17,22H,4,6,8-10H2,1-3H3,(H,21,25)(H,23,24)/p-1/t12-,14+,17+/m0/s1. The van der Waals surface area contributed by atoms with Crippen LogP contribution in [0, 0.1) is 11.8 Å². The topological polar surface area (TPSA) is 81.3 Å². The smallest absolute Gasteiger partial charge is 0.251 e. The third-order valence-corrected chi connectivity index (χ3v) is 5.97. The summed E-state index contributed by atoms with van der Waals surface area (Å²) in [6.07, 6.45) is 3.48. The number of anilines is 1. The van der Waals surface area contributed by atoms with Crippen LogP contribution in [-0.2, 0) is 10.2 Å². The van der Waals surface area contributed by atoms with Gasteiger partial charge in [0, 0.05) is 36.2 Å². The van der Waals surface area contributed by atoms with E-state index in [1.165, 1.54) is 24.8 Å². The molecule has 3 rings (SSSR count). The van der Waals surface area contributed by atoms with Gasteiger partial charge in [-0.05, 0) is 53.9 Å². The molecule has 2 N–H and O–H groups in total. The predicted octanol–water partition coefficient (Wildman–Crippen LogP) is 2.06. The van der Waals surface area contributed by atoms with Crippen LogP contribution in [0.2, 0.25) is 0 Å². The van der Waals surface area contributed by atoms with Crippen LogP contribution in [-0.4, -0.2) is 24.5 Å². The van der Waals surface area contributed by atoms with Crippen molar-refractivity contribution in [3.8, 4) is 0 Å². The summed E-state index contributed by atoms with van der Waals surface area (Å²) < 4.78 is 0. The van der Waals surface area contributed by atoms with Crippen molar-refractivity contribution in [2.24, 2.45) is 11.8 Å². The Morgan fingerprint density at radius 2 is 2.08 bits per heavy atom. The fourth-order valence-corrected chi connectivity index (χ4v) is 4.53. The first-order valence-electron chi connectivity index (χ1n) is 9.18. The lowest BCUT2D eigenvalue weighted by atomic mass is 9.61. The van der Waals surface area contributed by atoms with Gasteiger partial charge in [-0.2, -0.15) is 0 Å². The van der Waals surface area contributed by atoms with Crippen LogP contribution in [0.15, 0.2) is 18.2 Å². The van der Waals surface area contributed by atoms with Gasteiger partial charge >= 0.3 is 0 Å². The molecule has 1 aromatic carbocycles. The van der Waals surface area contributed by atoms with E-state index in [4.69, 9.17) is 0 Å². The van der Waals surface area contributed by atoms with E-state index in [9.17, 15) is 14.7 Å². The van der Waals surface area contributed by atoms with Gasteiger partial charge in [0.25, 0.3) is 5.91 Å². The molecule has 0 aromatic heterocycles. The maximum atomic E-state index is 12.3. The third-order valence-electron chi connectivity index (χ3n) is 5.97. The molecule has 1 fully saturated rings. The second-order valence-corrected chi connectivity index (χ2v) is 8.14. The third kappa shape index (κ3) is 3.51. The molecular formula is C20H27N2O3-. The Balaban J connectivity index is 1.82. The number of hydrogen-bond donors (Lipinski definition) is 2. The highest BCUT2D eigenvalue weighted by Gasteiger charge is 2.44. The average Bonchev–Trinajstić information content (AvgIpc) is 2.53. The van der Waals surface area contributed by atoms with Gasteiger partial charge in [-0.3, -0.25) is 4.79 Å². The van der Waals surface area contributed by atoms with Gasteiger partial charge in [0.2, 0.25) is 0 Å². The van der Waals surface area contributed by atoms with Gasteiger partial charge in [0.05, 0.1) is 0 Å². The number of carbonyl (C=O) groups excluding carboxylic acids is 2. The molecule has 0 unspecified atom stereocenters. The number of benzene rings is 1. The van der Waals surface area contributed by atoms with E-state index in [2.05, 4.69) is 31.4 Å². The second kappa shape index (κ2) is 6.70. The first kappa shape index (κ1) is 17.8. The molecule has 0 bridgehead atoms. The van der Waals surface area contributed by atoms with Gasteiger partial charge in [0.15, 0.2) is 0 Å². The molecule has 3 atom stereocenters. The summed E-state index contributed by atoms with van der Waals surface area (Å²) in [6.45, 7) is 6.96. The number of carboxylic acid groups (broad SMARTS) is 1. The van der Waals surface area contributed by atoms with Crippen LogP contribution in [0.4, 0.5) is 5.69 Å². The molecule has 0 radical (unpaired) electrons. The van der Waals surface area contributed by atoms with Gasteiger partial charge < -0.3 is 20.5 Å². The monoisotopic (exact) mass is 343 g/mol. The highest BCUT2D eigenvalue weighted by molar-refractivity contribution is 5.95. The molecule has 0 spiro atoms. The summed E-state index contributed by atoms with van der Waals surface area (Å²) in [6, 6.07) is 6.25. The summed E-state index contributed by atoms with van der Waals surface area (Å²) in [4.78, 5) is 22.8. The van der Waals surface area contributed by atoms with Gasteiger partial charge in [-0.15, -0.1) is 0 Å². The molecule has 136 valence electrons. The van der Waals surface area contributed by atoms with Gasteiger partial charge in [0.1, 0.15) is 0 Å². The lowest BCUT2D eigenvalue weighted by molar-refractivity contribution is -0.305. The molecule has 1 amide bonds. The Bertz CT molecular complexity index is 684. The van der Waals surface area contributed by atoms with Crippen LogP contribution in [0.5, 0.6) is 0 Å². The van der Waals surface area contributed by atoms with E-state index >= 15 is 0 Å². The Hall–Kier alpha value is -2.04. The minimum Gasteiger partial charge on any atom is -0.550 e. The number of aliphatic carboxylic acids is 1. The minimum atomic E-state index is -1.16. The molecule has 2 aliphatic rings. The van der Waals surface area contributed by atoms with Crippen molar-refractivity contribution in [2.45, 2.75) is 57.9 Å². The van der Waals surface area contributed by atoms with Gasteiger partial charge in [-0.25, -0.2) is 0 Å². The van der Waals surface area contributed by atoms with Crippen molar-refractivity contribution >= 4 is 17.6 Å². The van der Waals surface area contributed by atoms with Crippen molar-refractivity contribution in [1.82, 2.24) is 5.32 Å². The number of amides is 1. The lowest BCUT2D eigenvalue weighted by Crippen LogP contribution is -2.49. The number of fused-ring (bicyclic) bond motifs is 2. The van der Waals surface area contributed by atoms with Crippen molar-refractivity contribution in [1.29, 1.82) is 0 Å². The Labute approximate surface area is 149 Å². The molecule has 1 aliphatic carbocycles. The summed E-state index contributed by atoms with van der Waals surface area (Å²) in [5.41, 5.74) is 2.88. The maximum absolute atomic E-state index is 12.3. The molecule has 1 heterocycles. The van der Waals surface area contributed by atoms with Crippen molar-refractivity contribution in [2.75, 3.05) is 11.9 Å².